The third-order valence-electron chi connectivity index (χ3n) is 1.86. The maximum Gasteiger partial charge on any atom is 0.197 e. The number of ether oxygens (including phenoxy) is 1. The number of hydrogen-bond donors (Lipinski definition) is 0. The summed E-state index contributed by atoms with van der Waals surface area (Å²) in [5.74, 6) is -0.0395. The lowest BCUT2D eigenvalue weighted by atomic mass is 10.2. The van der Waals surface area contributed by atoms with Crippen molar-refractivity contribution < 1.29 is 9.53 Å². The fourth-order valence-corrected chi connectivity index (χ4v) is 1.26. The van der Waals surface area contributed by atoms with Crippen molar-refractivity contribution in [3.63, 3.8) is 0 Å². The highest BCUT2D eigenvalue weighted by molar-refractivity contribution is 5.81. The van der Waals surface area contributed by atoms with Gasteiger partial charge in [-0.3, -0.25) is 9.78 Å². The second-order valence-corrected chi connectivity index (χ2v) is 3.00. The van der Waals surface area contributed by atoms with Gasteiger partial charge >= 0.3 is 0 Å². The number of aromatic nitrogens is 5. The van der Waals surface area contributed by atoms with E-state index in [0.717, 1.165) is 0 Å². The molecule has 7 nitrogen and oxygen atoms in total. The minimum absolute atomic E-state index is 0.0395. The van der Waals surface area contributed by atoms with Crippen molar-refractivity contribution in [1.29, 1.82) is 0 Å². The Balaban J connectivity index is 2.27. The molecule has 15 heavy (non-hydrogen) atoms. The summed E-state index contributed by atoms with van der Waals surface area (Å²) in [5, 5.41) is 11.0. The first-order chi connectivity index (χ1) is 7.31. The van der Waals surface area contributed by atoms with Crippen molar-refractivity contribution in [3.05, 3.63) is 18.1 Å². The molecule has 0 aliphatic rings. The highest BCUT2D eigenvalue weighted by atomic mass is 16.5. The number of methoxy groups -OCH3 is 1. The van der Waals surface area contributed by atoms with Crippen molar-refractivity contribution in [2.24, 2.45) is 0 Å². The Kier molecular flexibility index (Phi) is 2.64. The lowest BCUT2D eigenvalue weighted by Gasteiger charge is -2.00. The van der Waals surface area contributed by atoms with Crippen molar-refractivity contribution in [3.8, 4) is 0 Å². The van der Waals surface area contributed by atoms with Crippen molar-refractivity contribution in [2.75, 3.05) is 13.7 Å². The topological polar surface area (TPSA) is 82.3 Å². The summed E-state index contributed by atoms with van der Waals surface area (Å²) in [5.41, 5.74) is 1.18. The first-order valence-corrected chi connectivity index (χ1v) is 4.33. The van der Waals surface area contributed by atoms with Gasteiger partial charge in [-0.05, 0) is 10.4 Å². The van der Waals surface area contributed by atoms with Crippen molar-refractivity contribution in [2.45, 2.75) is 6.42 Å². The molecular formula is C8H9N5O2. The number of carbonyl (C=O) groups excluding carboxylic acids is 1. The smallest absolute Gasteiger partial charge is 0.197 e. The molecule has 0 spiro atoms. The SMILES string of the molecule is COCC(=O)Cc1cncc2nnnn12. The van der Waals surface area contributed by atoms with E-state index in [4.69, 9.17) is 4.74 Å². The third-order valence-corrected chi connectivity index (χ3v) is 1.86. The van der Waals surface area contributed by atoms with Gasteiger partial charge in [0.15, 0.2) is 11.4 Å². The summed E-state index contributed by atoms with van der Waals surface area (Å²) < 4.78 is 6.23. The minimum Gasteiger partial charge on any atom is -0.377 e. The number of ketones is 1. The normalized spacial score (nSPS) is 10.7. The van der Waals surface area contributed by atoms with Gasteiger partial charge in [-0.1, -0.05) is 0 Å². The van der Waals surface area contributed by atoms with Crippen LogP contribution in [0.2, 0.25) is 0 Å². The molecular weight excluding hydrogens is 198 g/mol. The summed E-state index contributed by atoms with van der Waals surface area (Å²) in [6, 6.07) is 0. The molecule has 7 heteroatoms. The number of Topliss-reactive ketones (excluding diaryl/α,β-unsaturated/α-hetero) is 1. The van der Waals surface area contributed by atoms with Crippen LogP contribution < -0.4 is 0 Å². The summed E-state index contributed by atoms with van der Waals surface area (Å²) in [7, 11) is 1.48. The molecule has 0 bridgehead atoms. The molecule has 0 unspecified atom stereocenters. The summed E-state index contributed by atoms with van der Waals surface area (Å²) >= 11 is 0. The number of fused-ring (bicyclic) bond motifs is 1. The fourth-order valence-electron chi connectivity index (χ4n) is 1.26. The summed E-state index contributed by atoms with van der Waals surface area (Å²) in [6.07, 6.45) is 3.31. The zero-order valence-corrected chi connectivity index (χ0v) is 8.12. The first kappa shape index (κ1) is 9.66. The molecule has 0 amide bonds. The fraction of sp³-hybridized carbons (Fsp3) is 0.375. The van der Waals surface area contributed by atoms with E-state index in [2.05, 4.69) is 20.5 Å². The Labute approximate surface area is 85.1 Å². The first-order valence-electron chi connectivity index (χ1n) is 4.33. The van der Waals surface area contributed by atoms with Gasteiger partial charge in [0.1, 0.15) is 6.61 Å². The van der Waals surface area contributed by atoms with Crippen LogP contribution in [-0.2, 0) is 16.0 Å². The molecule has 2 heterocycles. The van der Waals surface area contributed by atoms with Crippen LogP contribution in [0.4, 0.5) is 0 Å². The maximum absolute atomic E-state index is 11.3. The number of carbonyl (C=O) groups is 1. The standard InChI is InChI=1S/C8H9N5O2/c1-15-5-7(14)2-6-3-9-4-8-10-11-12-13(6)8/h3-4H,2,5H2,1H3. The summed E-state index contributed by atoms with van der Waals surface area (Å²) in [6.45, 7) is 0.0819. The van der Waals surface area contributed by atoms with Crippen LogP contribution in [0.1, 0.15) is 5.69 Å². The van der Waals surface area contributed by atoms with Crippen LogP contribution in [0, 0.1) is 0 Å². The second kappa shape index (κ2) is 4.09. The molecule has 0 N–H and O–H groups in total. The van der Waals surface area contributed by atoms with Crippen LogP contribution in [0.5, 0.6) is 0 Å². The number of rotatable bonds is 4. The lowest BCUT2D eigenvalue weighted by molar-refractivity contribution is -0.122. The Morgan fingerprint density at radius 2 is 2.40 bits per heavy atom. The second-order valence-electron chi connectivity index (χ2n) is 3.00. The van der Waals surface area contributed by atoms with Gasteiger partial charge in [-0.25, -0.2) is 0 Å². The summed E-state index contributed by atoms with van der Waals surface area (Å²) in [4.78, 5) is 15.3. The van der Waals surface area contributed by atoms with Gasteiger partial charge < -0.3 is 4.74 Å². The van der Waals surface area contributed by atoms with Crippen LogP contribution >= 0.6 is 0 Å². The average Bonchev–Trinajstić information content (AvgIpc) is 2.67. The van der Waals surface area contributed by atoms with E-state index < -0.39 is 0 Å². The molecule has 0 aliphatic carbocycles. The van der Waals surface area contributed by atoms with E-state index in [-0.39, 0.29) is 18.8 Å². The Morgan fingerprint density at radius 1 is 1.53 bits per heavy atom. The maximum atomic E-state index is 11.3. The van der Waals surface area contributed by atoms with Crippen molar-refractivity contribution >= 4 is 11.4 Å². The largest absolute Gasteiger partial charge is 0.377 e. The minimum atomic E-state index is -0.0395. The van der Waals surface area contributed by atoms with Gasteiger partial charge in [0, 0.05) is 13.3 Å². The monoisotopic (exact) mass is 207 g/mol. The predicted octanol–water partition coefficient (Wildman–Crippen LogP) is -0.723. The third kappa shape index (κ3) is 1.96. The van der Waals surface area contributed by atoms with Crippen LogP contribution in [0.25, 0.3) is 5.65 Å². The molecule has 0 saturated carbocycles. The Bertz CT molecular complexity index is 481. The Morgan fingerprint density at radius 3 is 3.20 bits per heavy atom. The van der Waals surface area contributed by atoms with Crippen LogP contribution in [0.3, 0.4) is 0 Å². The van der Waals surface area contributed by atoms with Gasteiger partial charge in [-0.15, -0.1) is 5.10 Å². The number of tetrazole rings is 1. The van der Waals surface area contributed by atoms with Gasteiger partial charge in [0.05, 0.1) is 18.3 Å². The van der Waals surface area contributed by atoms with Crippen molar-refractivity contribution in [1.82, 2.24) is 25.0 Å². The molecule has 0 atom stereocenters. The molecule has 0 fully saturated rings. The molecule has 0 radical (unpaired) electrons. The quantitative estimate of drug-likeness (QED) is 0.657. The van der Waals surface area contributed by atoms with E-state index >= 15 is 0 Å². The number of hydrogen-bond acceptors (Lipinski definition) is 6. The molecule has 78 valence electrons. The zero-order valence-electron chi connectivity index (χ0n) is 8.12. The number of nitrogens with zero attached hydrogens (tertiary/aromatic N) is 5. The van der Waals surface area contributed by atoms with E-state index in [1.54, 1.807) is 6.20 Å². The van der Waals surface area contributed by atoms with E-state index in [9.17, 15) is 4.79 Å². The van der Waals surface area contributed by atoms with Crippen LogP contribution in [-0.4, -0.2) is 44.5 Å². The van der Waals surface area contributed by atoms with Gasteiger partial charge in [0.2, 0.25) is 0 Å². The molecule has 2 aromatic rings. The highest BCUT2D eigenvalue weighted by Gasteiger charge is 2.08. The van der Waals surface area contributed by atoms with E-state index in [0.29, 0.717) is 11.3 Å². The van der Waals surface area contributed by atoms with E-state index in [1.807, 2.05) is 0 Å². The molecule has 2 aromatic heterocycles. The lowest BCUT2D eigenvalue weighted by Crippen LogP contribution is -2.13. The predicted molar refractivity (Wildman–Crippen MR) is 49.2 cm³/mol. The Hall–Kier alpha value is -1.89. The molecule has 0 aromatic carbocycles. The van der Waals surface area contributed by atoms with E-state index in [1.165, 1.54) is 17.8 Å². The average molecular weight is 207 g/mol. The molecule has 2 rings (SSSR count). The zero-order chi connectivity index (χ0) is 10.7. The molecule has 0 aliphatic heterocycles. The molecule has 0 saturated heterocycles. The van der Waals surface area contributed by atoms with Crippen LogP contribution in [0.15, 0.2) is 12.4 Å². The highest BCUT2D eigenvalue weighted by Crippen LogP contribution is 2.01. The van der Waals surface area contributed by atoms with Gasteiger partial charge in [-0.2, -0.15) is 4.52 Å². The van der Waals surface area contributed by atoms with Gasteiger partial charge in [0.25, 0.3) is 0 Å².